The fourth-order valence-corrected chi connectivity index (χ4v) is 1.82. The molecule has 0 spiro atoms. The van der Waals surface area contributed by atoms with Crippen LogP contribution in [-0.2, 0) is 0 Å². The van der Waals surface area contributed by atoms with Gasteiger partial charge in [0.05, 0.1) is 6.61 Å². The summed E-state index contributed by atoms with van der Waals surface area (Å²) in [6, 6.07) is 6.05. The van der Waals surface area contributed by atoms with Crippen molar-refractivity contribution in [3.63, 3.8) is 0 Å². The van der Waals surface area contributed by atoms with Crippen LogP contribution in [0.1, 0.15) is 11.5 Å². The van der Waals surface area contributed by atoms with Crippen molar-refractivity contribution in [2.75, 3.05) is 13.2 Å². The molecule has 2 rings (SSSR count). The number of halogens is 1. The first kappa shape index (κ1) is 8.08. The van der Waals surface area contributed by atoms with Gasteiger partial charge in [-0.25, -0.2) is 0 Å². The second-order valence-corrected chi connectivity index (χ2v) is 3.84. The van der Waals surface area contributed by atoms with Gasteiger partial charge in [0, 0.05) is 22.5 Å². The zero-order valence-corrected chi connectivity index (χ0v) is 8.17. The SMILES string of the molecule is NCC1COc2ccc(Br)cc21. The van der Waals surface area contributed by atoms with Gasteiger partial charge in [-0.2, -0.15) is 0 Å². The molecule has 1 atom stereocenters. The Morgan fingerprint density at radius 3 is 3.17 bits per heavy atom. The molecule has 0 radical (unpaired) electrons. The highest BCUT2D eigenvalue weighted by atomic mass is 79.9. The van der Waals surface area contributed by atoms with Crippen molar-refractivity contribution in [2.45, 2.75) is 5.92 Å². The van der Waals surface area contributed by atoms with Crippen LogP contribution in [0.2, 0.25) is 0 Å². The molecule has 2 nitrogen and oxygen atoms in total. The molecule has 0 bridgehead atoms. The molecule has 0 fully saturated rings. The van der Waals surface area contributed by atoms with Crippen LogP contribution < -0.4 is 10.5 Å². The molecule has 0 aliphatic carbocycles. The van der Waals surface area contributed by atoms with Crippen LogP contribution in [0.25, 0.3) is 0 Å². The Balaban J connectivity index is 2.42. The van der Waals surface area contributed by atoms with Gasteiger partial charge in [-0.05, 0) is 18.2 Å². The molecule has 1 heterocycles. The molecule has 1 aromatic carbocycles. The quantitative estimate of drug-likeness (QED) is 0.796. The monoisotopic (exact) mass is 227 g/mol. The van der Waals surface area contributed by atoms with Crippen LogP contribution in [0.5, 0.6) is 5.75 Å². The molecule has 0 saturated carbocycles. The summed E-state index contributed by atoms with van der Waals surface area (Å²) in [7, 11) is 0. The molecule has 1 aromatic rings. The number of hydrogen-bond donors (Lipinski definition) is 1. The topological polar surface area (TPSA) is 35.2 Å². The Morgan fingerprint density at radius 1 is 1.58 bits per heavy atom. The normalized spacial score (nSPS) is 20.3. The number of nitrogens with two attached hydrogens (primary N) is 1. The van der Waals surface area contributed by atoms with Crippen LogP contribution in [0.4, 0.5) is 0 Å². The second kappa shape index (κ2) is 3.07. The Bertz CT molecular complexity index is 301. The third kappa shape index (κ3) is 1.23. The summed E-state index contributed by atoms with van der Waals surface area (Å²) >= 11 is 3.43. The van der Waals surface area contributed by atoms with Crippen LogP contribution >= 0.6 is 15.9 Å². The first-order valence-corrected chi connectivity index (χ1v) is 4.73. The summed E-state index contributed by atoms with van der Waals surface area (Å²) in [6.45, 7) is 1.38. The summed E-state index contributed by atoms with van der Waals surface area (Å²) in [6.07, 6.45) is 0. The smallest absolute Gasteiger partial charge is 0.123 e. The number of ether oxygens (including phenoxy) is 1. The molecule has 1 unspecified atom stereocenters. The average molecular weight is 228 g/mol. The highest BCUT2D eigenvalue weighted by molar-refractivity contribution is 9.10. The van der Waals surface area contributed by atoms with E-state index in [0.717, 1.165) is 16.8 Å². The van der Waals surface area contributed by atoms with Gasteiger partial charge in [0.2, 0.25) is 0 Å². The summed E-state index contributed by atoms with van der Waals surface area (Å²) in [5.74, 6) is 1.35. The maximum Gasteiger partial charge on any atom is 0.123 e. The van der Waals surface area contributed by atoms with Crippen molar-refractivity contribution in [1.29, 1.82) is 0 Å². The van der Waals surface area contributed by atoms with Crippen molar-refractivity contribution in [3.05, 3.63) is 28.2 Å². The van der Waals surface area contributed by atoms with E-state index < -0.39 is 0 Å². The van der Waals surface area contributed by atoms with Crippen LogP contribution in [0.15, 0.2) is 22.7 Å². The zero-order chi connectivity index (χ0) is 8.55. The maximum atomic E-state index is 5.60. The predicted molar refractivity (Wildman–Crippen MR) is 51.4 cm³/mol. The van der Waals surface area contributed by atoms with E-state index in [9.17, 15) is 0 Å². The lowest BCUT2D eigenvalue weighted by Gasteiger charge is -2.03. The van der Waals surface area contributed by atoms with Gasteiger partial charge >= 0.3 is 0 Å². The lowest BCUT2D eigenvalue weighted by Crippen LogP contribution is -2.13. The molecule has 2 N–H and O–H groups in total. The molecule has 0 saturated heterocycles. The summed E-state index contributed by atoms with van der Waals surface area (Å²) in [5.41, 5.74) is 6.83. The van der Waals surface area contributed by atoms with Crippen LogP contribution in [-0.4, -0.2) is 13.2 Å². The molecule has 3 heteroatoms. The van der Waals surface area contributed by atoms with Gasteiger partial charge in [-0.1, -0.05) is 15.9 Å². The average Bonchev–Trinajstić information content (AvgIpc) is 2.46. The fourth-order valence-electron chi connectivity index (χ4n) is 1.44. The molecule has 0 aromatic heterocycles. The van der Waals surface area contributed by atoms with E-state index in [1.807, 2.05) is 12.1 Å². The van der Waals surface area contributed by atoms with Gasteiger partial charge in [-0.3, -0.25) is 0 Å². The van der Waals surface area contributed by atoms with Crippen molar-refractivity contribution >= 4 is 15.9 Å². The molecule has 12 heavy (non-hydrogen) atoms. The largest absolute Gasteiger partial charge is 0.493 e. The first-order chi connectivity index (χ1) is 5.81. The number of rotatable bonds is 1. The standard InChI is InChI=1S/C9H10BrNO/c10-7-1-2-9-8(3-7)6(4-11)5-12-9/h1-3,6H,4-5,11H2. The van der Waals surface area contributed by atoms with Gasteiger partial charge < -0.3 is 10.5 Å². The van der Waals surface area contributed by atoms with E-state index in [4.69, 9.17) is 10.5 Å². The van der Waals surface area contributed by atoms with E-state index in [1.54, 1.807) is 0 Å². The fraction of sp³-hybridized carbons (Fsp3) is 0.333. The van der Waals surface area contributed by atoms with Crippen molar-refractivity contribution in [1.82, 2.24) is 0 Å². The Morgan fingerprint density at radius 2 is 2.42 bits per heavy atom. The second-order valence-electron chi connectivity index (χ2n) is 2.93. The third-order valence-electron chi connectivity index (χ3n) is 2.14. The van der Waals surface area contributed by atoms with Crippen molar-refractivity contribution in [2.24, 2.45) is 5.73 Å². The third-order valence-corrected chi connectivity index (χ3v) is 2.63. The Labute approximate surface area is 79.8 Å². The van der Waals surface area contributed by atoms with Gasteiger partial charge in [0.15, 0.2) is 0 Å². The van der Waals surface area contributed by atoms with Crippen molar-refractivity contribution in [3.8, 4) is 5.75 Å². The van der Waals surface area contributed by atoms with E-state index >= 15 is 0 Å². The highest BCUT2D eigenvalue weighted by Gasteiger charge is 2.22. The van der Waals surface area contributed by atoms with E-state index in [0.29, 0.717) is 12.5 Å². The first-order valence-electron chi connectivity index (χ1n) is 3.93. The zero-order valence-electron chi connectivity index (χ0n) is 6.59. The lowest BCUT2D eigenvalue weighted by molar-refractivity contribution is 0.333. The minimum Gasteiger partial charge on any atom is -0.493 e. The summed E-state index contributed by atoms with van der Waals surface area (Å²) in [5, 5.41) is 0. The van der Waals surface area contributed by atoms with E-state index in [2.05, 4.69) is 22.0 Å². The molecule has 1 aliphatic heterocycles. The summed E-state index contributed by atoms with van der Waals surface area (Å²) < 4.78 is 6.54. The lowest BCUT2D eigenvalue weighted by atomic mass is 10.0. The summed E-state index contributed by atoms with van der Waals surface area (Å²) in [4.78, 5) is 0. The Kier molecular flexibility index (Phi) is 2.07. The maximum absolute atomic E-state index is 5.60. The highest BCUT2D eigenvalue weighted by Crippen LogP contribution is 2.34. The number of fused-ring (bicyclic) bond motifs is 1. The molecule has 64 valence electrons. The predicted octanol–water partition coefficient (Wildman–Crippen LogP) is 1.88. The molecular formula is C9H10BrNO. The van der Waals surface area contributed by atoms with Crippen molar-refractivity contribution < 1.29 is 4.74 Å². The van der Waals surface area contributed by atoms with Gasteiger partial charge in [0.25, 0.3) is 0 Å². The number of hydrogen-bond acceptors (Lipinski definition) is 2. The van der Waals surface area contributed by atoms with Gasteiger partial charge in [0.1, 0.15) is 5.75 Å². The van der Waals surface area contributed by atoms with E-state index in [-0.39, 0.29) is 0 Å². The number of benzene rings is 1. The molecule has 1 aliphatic rings. The van der Waals surface area contributed by atoms with Crippen LogP contribution in [0.3, 0.4) is 0 Å². The minimum absolute atomic E-state index is 0.373. The Hall–Kier alpha value is -0.540. The van der Waals surface area contributed by atoms with Gasteiger partial charge in [-0.15, -0.1) is 0 Å². The molecule has 0 amide bonds. The van der Waals surface area contributed by atoms with Crippen LogP contribution in [0, 0.1) is 0 Å². The molecular weight excluding hydrogens is 218 g/mol. The van der Waals surface area contributed by atoms with E-state index in [1.165, 1.54) is 5.56 Å². The minimum atomic E-state index is 0.373.